The predicted octanol–water partition coefficient (Wildman–Crippen LogP) is 4.11. The van der Waals surface area contributed by atoms with E-state index in [-0.39, 0.29) is 16.8 Å². The van der Waals surface area contributed by atoms with Gasteiger partial charge in [-0.25, -0.2) is 4.39 Å². The highest BCUT2D eigenvalue weighted by molar-refractivity contribution is 9.10. The van der Waals surface area contributed by atoms with Crippen LogP contribution in [0.2, 0.25) is 0 Å². The standard InChI is InChI=1S/C16H14BrFN2O2S/c1-2-22-14-8-3-10(9-13(14)17)15(21)20-16(23)19-12-6-4-11(18)5-7-12/h3-9H,2H2,1H3,(H2,19,20,21,23). The minimum atomic E-state index is -0.353. The lowest BCUT2D eigenvalue weighted by Crippen LogP contribution is -2.34. The van der Waals surface area contributed by atoms with Crippen LogP contribution in [0.25, 0.3) is 0 Å². The summed E-state index contributed by atoms with van der Waals surface area (Å²) in [5.74, 6) is -0.0332. The largest absolute Gasteiger partial charge is 0.493 e. The molecule has 0 aliphatic heterocycles. The van der Waals surface area contributed by atoms with E-state index in [0.717, 1.165) is 0 Å². The smallest absolute Gasteiger partial charge is 0.257 e. The van der Waals surface area contributed by atoms with Gasteiger partial charge in [0.1, 0.15) is 11.6 Å². The lowest BCUT2D eigenvalue weighted by molar-refractivity contribution is 0.0977. The molecule has 0 aliphatic carbocycles. The molecule has 0 spiro atoms. The van der Waals surface area contributed by atoms with Gasteiger partial charge in [0.15, 0.2) is 5.11 Å². The molecule has 0 heterocycles. The Balaban J connectivity index is 1.99. The predicted molar refractivity (Wildman–Crippen MR) is 95.4 cm³/mol. The van der Waals surface area contributed by atoms with Crippen LogP contribution in [0.3, 0.4) is 0 Å². The molecule has 0 saturated carbocycles. The van der Waals surface area contributed by atoms with E-state index in [1.807, 2.05) is 6.92 Å². The number of carbonyl (C=O) groups is 1. The number of hydrogen-bond acceptors (Lipinski definition) is 3. The van der Waals surface area contributed by atoms with Gasteiger partial charge >= 0.3 is 0 Å². The van der Waals surface area contributed by atoms with Crippen molar-refractivity contribution in [2.45, 2.75) is 6.92 Å². The molecule has 2 N–H and O–H groups in total. The molecule has 0 aromatic heterocycles. The normalized spacial score (nSPS) is 10.0. The van der Waals surface area contributed by atoms with Gasteiger partial charge in [0.2, 0.25) is 0 Å². The quantitative estimate of drug-likeness (QED) is 0.763. The second-order valence-electron chi connectivity index (χ2n) is 4.49. The first kappa shape index (κ1) is 17.4. The zero-order valence-electron chi connectivity index (χ0n) is 12.2. The Hall–Kier alpha value is -1.99. The van der Waals surface area contributed by atoms with Crippen molar-refractivity contribution in [1.82, 2.24) is 5.32 Å². The maximum atomic E-state index is 12.8. The molecule has 0 fully saturated rings. The lowest BCUT2D eigenvalue weighted by Gasteiger charge is -2.11. The van der Waals surface area contributed by atoms with Crippen LogP contribution in [0.1, 0.15) is 17.3 Å². The van der Waals surface area contributed by atoms with Crippen molar-refractivity contribution in [3.05, 3.63) is 58.3 Å². The first-order valence-corrected chi connectivity index (χ1v) is 8.00. The summed E-state index contributed by atoms with van der Waals surface area (Å²) in [6, 6.07) is 10.7. The molecule has 2 rings (SSSR count). The second-order valence-corrected chi connectivity index (χ2v) is 5.76. The van der Waals surface area contributed by atoms with Crippen LogP contribution in [-0.4, -0.2) is 17.6 Å². The van der Waals surface area contributed by atoms with Gasteiger partial charge < -0.3 is 10.1 Å². The second kappa shape index (κ2) is 8.03. The number of rotatable bonds is 4. The van der Waals surface area contributed by atoms with Crippen molar-refractivity contribution < 1.29 is 13.9 Å². The minimum absolute atomic E-state index is 0.131. The van der Waals surface area contributed by atoms with E-state index in [2.05, 4.69) is 26.6 Å². The number of carbonyl (C=O) groups excluding carboxylic acids is 1. The third-order valence-corrected chi connectivity index (χ3v) is 3.65. The molecule has 7 heteroatoms. The summed E-state index contributed by atoms with van der Waals surface area (Å²) in [7, 11) is 0. The molecule has 0 saturated heterocycles. The Labute approximate surface area is 147 Å². The Morgan fingerprint density at radius 2 is 1.96 bits per heavy atom. The number of amides is 1. The van der Waals surface area contributed by atoms with Crippen molar-refractivity contribution >= 4 is 44.9 Å². The SMILES string of the molecule is CCOc1ccc(C(=O)NC(=S)Nc2ccc(F)cc2)cc1Br. The molecule has 0 radical (unpaired) electrons. The molecular formula is C16H14BrFN2O2S. The van der Waals surface area contributed by atoms with Gasteiger partial charge in [-0.15, -0.1) is 0 Å². The fourth-order valence-corrected chi connectivity index (χ4v) is 2.49. The maximum Gasteiger partial charge on any atom is 0.257 e. The molecular weight excluding hydrogens is 383 g/mol. The van der Waals surface area contributed by atoms with E-state index < -0.39 is 0 Å². The van der Waals surface area contributed by atoms with Gasteiger partial charge in [-0.3, -0.25) is 10.1 Å². The highest BCUT2D eigenvalue weighted by atomic mass is 79.9. The minimum Gasteiger partial charge on any atom is -0.493 e. The van der Waals surface area contributed by atoms with Crippen LogP contribution in [0.4, 0.5) is 10.1 Å². The average molecular weight is 397 g/mol. The zero-order valence-corrected chi connectivity index (χ0v) is 14.6. The highest BCUT2D eigenvalue weighted by Gasteiger charge is 2.11. The Morgan fingerprint density at radius 3 is 2.57 bits per heavy atom. The number of benzene rings is 2. The van der Waals surface area contributed by atoms with Crippen molar-refractivity contribution in [1.29, 1.82) is 0 Å². The van der Waals surface area contributed by atoms with Gasteiger partial charge in [-0.1, -0.05) is 0 Å². The Morgan fingerprint density at radius 1 is 1.26 bits per heavy atom. The number of ether oxygens (including phenoxy) is 1. The summed E-state index contributed by atoms with van der Waals surface area (Å²) < 4.78 is 18.9. The summed E-state index contributed by atoms with van der Waals surface area (Å²) in [4.78, 5) is 12.2. The Bertz CT molecular complexity index is 723. The number of anilines is 1. The number of hydrogen-bond donors (Lipinski definition) is 2. The fraction of sp³-hybridized carbons (Fsp3) is 0.125. The molecule has 2 aromatic carbocycles. The summed E-state index contributed by atoms with van der Waals surface area (Å²) in [5.41, 5.74) is 1.02. The first-order valence-electron chi connectivity index (χ1n) is 6.80. The fourth-order valence-electron chi connectivity index (χ4n) is 1.79. The van der Waals surface area contributed by atoms with E-state index in [9.17, 15) is 9.18 Å². The number of halogens is 2. The van der Waals surface area contributed by atoms with Crippen LogP contribution in [0, 0.1) is 5.82 Å². The van der Waals surface area contributed by atoms with Crippen molar-refractivity contribution in [3.63, 3.8) is 0 Å². The van der Waals surface area contributed by atoms with E-state index in [0.29, 0.717) is 28.1 Å². The molecule has 2 aromatic rings. The zero-order chi connectivity index (χ0) is 16.8. The van der Waals surface area contributed by atoms with Crippen molar-refractivity contribution in [3.8, 4) is 5.75 Å². The topological polar surface area (TPSA) is 50.4 Å². The third kappa shape index (κ3) is 5.01. The van der Waals surface area contributed by atoms with Crippen LogP contribution >= 0.6 is 28.1 Å². The van der Waals surface area contributed by atoms with Crippen molar-refractivity contribution in [2.24, 2.45) is 0 Å². The van der Waals surface area contributed by atoms with Crippen LogP contribution in [0.5, 0.6) is 5.75 Å². The van der Waals surface area contributed by atoms with E-state index in [1.165, 1.54) is 24.3 Å². The molecule has 1 amide bonds. The van der Waals surface area contributed by atoms with Crippen molar-refractivity contribution in [2.75, 3.05) is 11.9 Å². The molecule has 4 nitrogen and oxygen atoms in total. The lowest BCUT2D eigenvalue weighted by atomic mass is 10.2. The maximum absolute atomic E-state index is 12.8. The van der Waals surface area contributed by atoms with Gasteiger partial charge in [-0.2, -0.15) is 0 Å². The van der Waals surface area contributed by atoms with Crippen LogP contribution in [-0.2, 0) is 0 Å². The molecule has 0 bridgehead atoms. The summed E-state index contributed by atoms with van der Waals surface area (Å²) in [6.45, 7) is 2.42. The Kier molecular flexibility index (Phi) is 6.06. The average Bonchev–Trinajstić information content (AvgIpc) is 2.51. The van der Waals surface area contributed by atoms with Gasteiger partial charge in [0.05, 0.1) is 11.1 Å². The van der Waals surface area contributed by atoms with Gasteiger partial charge in [-0.05, 0) is 77.5 Å². The number of thiocarbonyl (C=S) groups is 1. The third-order valence-electron chi connectivity index (χ3n) is 2.82. The first-order chi connectivity index (χ1) is 11.0. The van der Waals surface area contributed by atoms with Gasteiger partial charge in [0.25, 0.3) is 5.91 Å². The summed E-state index contributed by atoms with van der Waals surface area (Å²) >= 11 is 8.43. The molecule has 0 unspecified atom stereocenters. The molecule has 0 aliphatic rings. The summed E-state index contributed by atoms with van der Waals surface area (Å²) in [6.07, 6.45) is 0. The highest BCUT2D eigenvalue weighted by Crippen LogP contribution is 2.25. The van der Waals surface area contributed by atoms with E-state index in [4.69, 9.17) is 17.0 Å². The monoisotopic (exact) mass is 396 g/mol. The molecule has 0 atom stereocenters. The van der Waals surface area contributed by atoms with Gasteiger partial charge in [0, 0.05) is 11.3 Å². The van der Waals surface area contributed by atoms with E-state index in [1.54, 1.807) is 18.2 Å². The van der Waals surface area contributed by atoms with E-state index >= 15 is 0 Å². The number of nitrogens with one attached hydrogen (secondary N) is 2. The molecule has 23 heavy (non-hydrogen) atoms. The van der Waals surface area contributed by atoms with Crippen LogP contribution in [0.15, 0.2) is 46.9 Å². The molecule has 120 valence electrons. The van der Waals surface area contributed by atoms with Crippen LogP contribution < -0.4 is 15.4 Å². The summed E-state index contributed by atoms with van der Waals surface area (Å²) in [5, 5.41) is 5.51.